The summed E-state index contributed by atoms with van der Waals surface area (Å²) in [5.41, 5.74) is 3.03. The number of fused-ring (bicyclic) bond motifs is 1. The molecule has 0 fully saturated rings. The molecule has 0 amide bonds. The van der Waals surface area contributed by atoms with Gasteiger partial charge >= 0.3 is 0 Å². The lowest BCUT2D eigenvalue weighted by molar-refractivity contribution is 0.511. The van der Waals surface area contributed by atoms with Gasteiger partial charge in [0.15, 0.2) is 0 Å². The molecule has 1 nitrogen and oxygen atoms in total. The second-order valence-electron chi connectivity index (χ2n) is 4.94. The summed E-state index contributed by atoms with van der Waals surface area (Å²) in [6, 6.07) is 7.30. The Morgan fingerprint density at radius 1 is 1.33 bits per heavy atom. The van der Waals surface area contributed by atoms with Crippen LogP contribution >= 0.6 is 27.7 Å². The standard InChI is InChI=1S/C15H22BrNS/c1-18-10-4-2-3-9-17-15-8-5-12-11-13(16)6-7-14(12)15/h6-7,11,15,17H,2-5,8-10H2,1H3. The molecular formula is C15H22BrNS. The van der Waals surface area contributed by atoms with Gasteiger partial charge in [0.25, 0.3) is 0 Å². The SMILES string of the molecule is CSCCCCCNC1CCc2cc(Br)ccc21. The Bertz CT molecular complexity index is 381. The molecule has 1 unspecified atom stereocenters. The summed E-state index contributed by atoms with van der Waals surface area (Å²) in [5, 5.41) is 3.71. The Morgan fingerprint density at radius 2 is 2.22 bits per heavy atom. The Balaban J connectivity index is 1.73. The second-order valence-corrected chi connectivity index (χ2v) is 6.84. The molecule has 1 aromatic carbocycles. The first kappa shape index (κ1) is 14.4. The van der Waals surface area contributed by atoms with Crippen molar-refractivity contribution in [3.05, 3.63) is 33.8 Å². The van der Waals surface area contributed by atoms with Crippen LogP contribution in [0.2, 0.25) is 0 Å². The van der Waals surface area contributed by atoms with Crippen molar-refractivity contribution in [3.8, 4) is 0 Å². The highest BCUT2D eigenvalue weighted by molar-refractivity contribution is 9.10. The molecule has 1 atom stereocenters. The molecule has 0 aromatic heterocycles. The van der Waals surface area contributed by atoms with Crippen molar-refractivity contribution in [2.75, 3.05) is 18.6 Å². The van der Waals surface area contributed by atoms with Gasteiger partial charge in [-0.2, -0.15) is 11.8 Å². The van der Waals surface area contributed by atoms with E-state index in [-0.39, 0.29) is 0 Å². The van der Waals surface area contributed by atoms with Crippen LogP contribution in [-0.2, 0) is 6.42 Å². The Kier molecular flexibility index (Phi) is 6.06. The molecular weight excluding hydrogens is 306 g/mol. The molecule has 3 heteroatoms. The van der Waals surface area contributed by atoms with Crippen molar-refractivity contribution in [3.63, 3.8) is 0 Å². The maximum absolute atomic E-state index is 3.71. The fraction of sp³-hybridized carbons (Fsp3) is 0.600. The normalized spacial score (nSPS) is 18.0. The van der Waals surface area contributed by atoms with Crippen LogP contribution in [0.1, 0.15) is 42.9 Å². The molecule has 0 saturated carbocycles. The Labute approximate surface area is 123 Å². The van der Waals surface area contributed by atoms with Gasteiger partial charge in [0.2, 0.25) is 0 Å². The summed E-state index contributed by atoms with van der Waals surface area (Å²) in [4.78, 5) is 0. The quantitative estimate of drug-likeness (QED) is 0.737. The van der Waals surface area contributed by atoms with E-state index in [2.05, 4.69) is 45.7 Å². The summed E-state index contributed by atoms with van der Waals surface area (Å²) in [6.45, 7) is 1.16. The lowest BCUT2D eigenvalue weighted by Gasteiger charge is -2.14. The summed E-state index contributed by atoms with van der Waals surface area (Å²) >= 11 is 5.50. The zero-order valence-corrected chi connectivity index (χ0v) is 13.4. The maximum atomic E-state index is 3.71. The van der Waals surface area contributed by atoms with E-state index in [1.165, 1.54) is 53.5 Å². The van der Waals surface area contributed by atoms with Crippen LogP contribution in [-0.4, -0.2) is 18.6 Å². The summed E-state index contributed by atoms with van der Waals surface area (Å²) in [5.74, 6) is 1.31. The zero-order valence-electron chi connectivity index (χ0n) is 11.0. The molecule has 1 aliphatic carbocycles. The molecule has 1 aliphatic rings. The van der Waals surface area contributed by atoms with Gasteiger partial charge in [-0.3, -0.25) is 0 Å². The molecule has 1 N–H and O–H groups in total. The number of rotatable bonds is 7. The highest BCUT2D eigenvalue weighted by atomic mass is 79.9. The van der Waals surface area contributed by atoms with Crippen LogP contribution in [0.4, 0.5) is 0 Å². The monoisotopic (exact) mass is 327 g/mol. The van der Waals surface area contributed by atoms with Crippen molar-refractivity contribution in [1.82, 2.24) is 5.32 Å². The number of unbranched alkanes of at least 4 members (excludes halogenated alkanes) is 2. The zero-order chi connectivity index (χ0) is 12.8. The Morgan fingerprint density at radius 3 is 3.06 bits per heavy atom. The minimum atomic E-state index is 0.591. The first-order valence-electron chi connectivity index (χ1n) is 6.82. The Hall–Kier alpha value is 0.01000. The van der Waals surface area contributed by atoms with Gasteiger partial charge in [-0.05, 0) is 67.5 Å². The van der Waals surface area contributed by atoms with Gasteiger partial charge in [-0.15, -0.1) is 0 Å². The fourth-order valence-corrected chi connectivity index (χ4v) is 3.52. The largest absolute Gasteiger partial charge is 0.310 e. The number of aryl methyl sites for hydroxylation is 1. The van der Waals surface area contributed by atoms with Crippen LogP contribution in [0.25, 0.3) is 0 Å². The van der Waals surface area contributed by atoms with Gasteiger partial charge in [0.05, 0.1) is 0 Å². The van der Waals surface area contributed by atoms with Crippen LogP contribution in [0.3, 0.4) is 0 Å². The van der Waals surface area contributed by atoms with Crippen molar-refractivity contribution < 1.29 is 0 Å². The number of halogens is 1. The molecule has 100 valence electrons. The van der Waals surface area contributed by atoms with Crippen LogP contribution in [0, 0.1) is 0 Å². The molecule has 1 aromatic rings. The third-order valence-corrected chi connectivity index (χ3v) is 4.79. The maximum Gasteiger partial charge on any atom is 0.0326 e. The number of benzene rings is 1. The number of nitrogens with one attached hydrogen (secondary N) is 1. The molecule has 0 aliphatic heterocycles. The first-order chi connectivity index (χ1) is 8.81. The van der Waals surface area contributed by atoms with Gasteiger partial charge in [0.1, 0.15) is 0 Å². The molecule has 18 heavy (non-hydrogen) atoms. The molecule has 0 bridgehead atoms. The van der Waals surface area contributed by atoms with Gasteiger partial charge in [0, 0.05) is 10.5 Å². The van der Waals surface area contributed by atoms with Crippen molar-refractivity contribution in [1.29, 1.82) is 0 Å². The van der Waals surface area contributed by atoms with Crippen LogP contribution < -0.4 is 5.32 Å². The van der Waals surface area contributed by atoms with E-state index >= 15 is 0 Å². The smallest absolute Gasteiger partial charge is 0.0326 e. The first-order valence-corrected chi connectivity index (χ1v) is 9.00. The highest BCUT2D eigenvalue weighted by Gasteiger charge is 2.21. The van der Waals surface area contributed by atoms with E-state index in [1.54, 1.807) is 0 Å². The van der Waals surface area contributed by atoms with E-state index < -0.39 is 0 Å². The topological polar surface area (TPSA) is 12.0 Å². The minimum Gasteiger partial charge on any atom is -0.310 e. The molecule has 0 radical (unpaired) electrons. The minimum absolute atomic E-state index is 0.591. The van der Waals surface area contributed by atoms with E-state index in [4.69, 9.17) is 0 Å². The van der Waals surface area contributed by atoms with Gasteiger partial charge < -0.3 is 5.32 Å². The summed E-state index contributed by atoms with van der Waals surface area (Å²) < 4.78 is 1.21. The molecule has 0 spiro atoms. The van der Waals surface area contributed by atoms with Crippen molar-refractivity contribution in [2.24, 2.45) is 0 Å². The van der Waals surface area contributed by atoms with Crippen LogP contribution in [0.15, 0.2) is 22.7 Å². The van der Waals surface area contributed by atoms with E-state index in [1.807, 2.05) is 11.8 Å². The lowest BCUT2D eigenvalue weighted by Crippen LogP contribution is -2.20. The van der Waals surface area contributed by atoms with Crippen molar-refractivity contribution in [2.45, 2.75) is 38.1 Å². The second kappa shape index (κ2) is 7.56. The lowest BCUT2D eigenvalue weighted by atomic mass is 10.1. The van der Waals surface area contributed by atoms with Gasteiger partial charge in [-0.1, -0.05) is 28.4 Å². The predicted octanol–water partition coefficient (Wildman–Crippen LogP) is 4.56. The van der Waals surface area contributed by atoms with E-state index in [0.717, 1.165) is 6.54 Å². The number of hydrogen-bond acceptors (Lipinski definition) is 2. The average Bonchev–Trinajstić information content (AvgIpc) is 2.76. The number of thioether (sulfide) groups is 1. The predicted molar refractivity (Wildman–Crippen MR) is 85.4 cm³/mol. The highest BCUT2D eigenvalue weighted by Crippen LogP contribution is 2.32. The molecule has 0 saturated heterocycles. The third-order valence-electron chi connectivity index (χ3n) is 3.60. The van der Waals surface area contributed by atoms with Gasteiger partial charge in [-0.25, -0.2) is 0 Å². The van der Waals surface area contributed by atoms with Crippen molar-refractivity contribution >= 4 is 27.7 Å². The van der Waals surface area contributed by atoms with E-state index in [0.29, 0.717) is 6.04 Å². The molecule has 2 rings (SSSR count). The van der Waals surface area contributed by atoms with E-state index in [9.17, 15) is 0 Å². The number of hydrogen-bond donors (Lipinski definition) is 1. The average molecular weight is 328 g/mol. The van der Waals surface area contributed by atoms with Crippen LogP contribution in [0.5, 0.6) is 0 Å². The fourth-order valence-electron chi connectivity index (χ4n) is 2.62. The molecule has 0 heterocycles. The third kappa shape index (κ3) is 4.01. The summed E-state index contributed by atoms with van der Waals surface area (Å²) in [7, 11) is 0. The summed E-state index contributed by atoms with van der Waals surface area (Å²) in [6.07, 6.45) is 8.69.